The second-order valence-corrected chi connectivity index (χ2v) is 4.33. The van der Waals surface area contributed by atoms with Gasteiger partial charge in [-0.3, -0.25) is 0 Å². The number of halogens is 4. The van der Waals surface area contributed by atoms with Gasteiger partial charge >= 0.3 is 6.18 Å². The van der Waals surface area contributed by atoms with Crippen molar-refractivity contribution in [2.75, 3.05) is 5.32 Å². The van der Waals surface area contributed by atoms with Crippen molar-refractivity contribution in [3.63, 3.8) is 0 Å². The molecule has 1 aromatic carbocycles. The van der Waals surface area contributed by atoms with Crippen molar-refractivity contribution in [3.8, 4) is 0 Å². The van der Waals surface area contributed by atoms with Crippen molar-refractivity contribution >= 4 is 5.82 Å². The van der Waals surface area contributed by atoms with E-state index in [-0.39, 0.29) is 5.82 Å². The van der Waals surface area contributed by atoms with E-state index < -0.39 is 23.7 Å². The second-order valence-electron chi connectivity index (χ2n) is 4.33. The Labute approximate surface area is 113 Å². The lowest BCUT2D eigenvalue weighted by Crippen LogP contribution is -2.11. The van der Waals surface area contributed by atoms with Crippen LogP contribution < -0.4 is 5.32 Å². The summed E-state index contributed by atoms with van der Waals surface area (Å²) in [5.74, 6) is -0.374. The van der Waals surface area contributed by atoms with E-state index >= 15 is 0 Å². The summed E-state index contributed by atoms with van der Waals surface area (Å²) in [6.07, 6.45) is -4.38. The van der Waals surface area contributed by atoms with E-state index in [1.165, 1.54) is 18.2 Å². The van der Waals surface area contributed by atoms with Crippen molar-refractivity contribution in [2.24, 2.45) is 0 Å². The molecule has 20 heavy (non-hydrogen) atoms. The fourth-order valence-corrected chi connectivity index (χ4v) is 1.78. The molecule has 2 rings (SSSR count). The molecular formula is C14H12F4N2. The number of hydrogen-bond donors (Lipinski definition) is 1. The van der Waals surface area contributed by atoms with Gasteiger partial charge in [-0.2, -0.15) is 17.6 Å². The van der Waals surface area contributed by atoms with Gasteiger partial charge in [-0.15, -0.1) is 0 Å². The molecule has 0 saturated carbocycles. The number of hydrogen-bond acceptors (Lipinski definition) is 2. The van der Waals surface area contributed by atoms with E-state index in [4.69, 9.17) is 0 Å². The van der Waals surface area contributed by atoms with Gasteiger partial charge < -0.3 is 5.32 Å². The fraction of sp³-hybridized carbons (Fsp3) is 0.214. The smallest absolute Gasteiger partial charge is 0.363 e. The zero-order valence-corrected chi connectivity index (χ0v) is 10.6. The minimum absolute atomic E-state index is 0.273. The lowest BCUT2D eigenvalue weighted by molar-refractivity contribution is -0.137. The normalized spacial score (nSPS) is 13.1. The quantitative estimate of drug-likeness (QED) is 0.667. The van der Waals surface area contributed by atoms with Crippen molar-refractivity contribution < 1.29 is 17.6 Å². The van der Waals surface area contributed by atoms with Crippen LogP contribution >= 0.6 is 0 Å². The molecule has 0 radical (unpaired) electrons. The van der Waals surface area contributed by atoms with Gasteiger partial charge in [0.2, 0.25) is 5.95 Å². The highest BCUT2D eigenvalue weighted by molar-refractivity contribution is 5.38. The van der Waals surface area contributed by atoms with Crippen LogP contribution in [0.5, 0.6) is 0 Å². The number of rotatable bonds is 3. The minimum Gasteiger partial charge on any atom is -0.363 e. The van der Waals surface area contributed by atoms with Gasteiger partial charge in [-0.25, -0.2) is 4.98 Å². The van der Waals surface area contributed by atoms with E-state index in [1.807, 2.05) is 0 Å². The zero-order chi connectivity index (χ0) is 14.8. The Balaban J connectivity index is 2.19. The highest BCUT2D eigenvalue weighted by atomic mass is 19.4. The maximum absolute atomic E-state index is 12.9. The van der Waals surface area contributed by atoms with Crippen LogP contribution in [0.1, 0.15) is 24.1 Å². The molecule has 1 unspecified atom stereocenters. The number of anilines is 1. The van der Waals surface area contributed by atoms with E-state index in [2.05, 4.69) is 10.3 Å². The first kappa shape index (κ1) is 14.3. The first-order chi connectivity index (χ1) is 9.36. The largest absolute Gasteiger partial charge is 0.416 e. The molecule has 1 atom stereocenters. The van der Waals surface area contributed by atoms with Crippen molar-refractivity contribution in [2.45, 2.75) is 19.1 Å². The monoisotopic (exact) mass is 284 g/mol. The average Bonchev–Trinajstić information content (AvgIpc) is 2.38. The van der Waals surface area contributed by atoms with Crippen LogP contribution in [-0.4, -0.2) is 4.98 Å². The van der Waals surface area contributed by atoms with Crippen molar-refractivity contribution in [1.82, 2.24) is 4.98 Å². The number of nitrogens with one attached hydrogen (secondary N) is 1. The molecule has 0 bridgehead atoms. The molecule has 0 spiro atoms. The Bertz CT molecular complexity index is 596. The molecule has 6 heteroatoms. The summed E-state index contributed by atoms with van der Waals surface area (Å²) in [5, 5.41) is 2.86. The SMILES string of the molecule is CC(Nc1cccc(F)n1)c1cccc(C(F)(F)F)c1. The summed E-state index contributed by atoms with van der Waals surface area (Å²) in [7, 11) is 0. The van der Waals surface area contributed by atoms with Gasteiger partial charge in [0.05, 0.1) is 5.56 Å². The first-order valence-corrected chi connectivity index (χ1v) is 5.92. The number of benzene rings is 1. The molecule has 0 aliphatic carbocycles. The Morgan fingerprint density at radius 1 is 1.10 bits per heavy atom. The summed E-state index contributed by atoms with van der Waals surface area (Å²) in [5.41, 5.74) is -0.262. The van der Waals surface area contributed by atoms with Gasteiger partial charge in [0, 0.05) is 6.04 Å². The van der Waals surface area contributed by atoms with Crippen LogP contribution in [-0.2, 0) is 6.18 Å². The third-order valence-corrected chi connectivity index (χ3v) is 2.79. The third kappa shape index (κ3) is 3.46. The Kier molecular flexibility index (Phi) is 3.92. The molecule has 1 N–H and O–H groups in total. The van der Waals surface area contributed by atoms with Crippen LogP contribution in [0.25, 0.3) is 0 Å². The van der Waals surface area contributed by atoms with Gasteiger partial charge in [-0.05, 0) is 36.8 Å². The molecule has 2 aromatic rings. The zero-order valence-electron chi connectivity index (χ0n) is 10.6. The molecule has 2 nitrogen and oxygen atoms in total. The van der Waals surface area contributed by atoms with Crippen LogP contribution in [0.3, 0.4) is 0 Å². The van der Waals surface area contributed by atoms with Gasteiger partial charge in [0.25, 0.3) is 0 Å². The van der Waals surface area contributed by atoms with Crippen LogP contribution in [0, 0.1) is 5.95 Å². The number of aromatic nitrogens is 1. The maximum Gasteiger partial charge on any atom is 0.416 e. The van der Waals surface area contributed by atoms with Crippen LogP contribution in [0.2, 0.25) is 0 Å². The summed E-state index contributed by atoms with van der Waals surface area (Å²) in [4.78, 5) is 3.61. The lowest BCUT2D eigenvalue weighted by Gasteiger charge is -2.16. The topological polar surface area (TPSA) is 24.9 Å². The van der Waals surface area contributed by atoms with E-state index in [1.54, 1.807) is 19.1 Å². The highest BCUT2D eigenvalue weighted by Gasteiger charge is 2.30. The molecule has 0 aliphatic rings. The van der Waals surface area contributed by atoms with E-state index in [0.717, 1.165) is 12.1 Å². The van der Waals surface area contributed by atoms with Crippen molar-refractivity contribution in [1.29, 1.82) is 0 Å². The summed E-state index contributed by atoms with van der Waals surface area (Å²) in [6.45, 7) is 1.68. The van der Waals surface area contributed by atoms with E-state index in [0.29, 0.717) is 5.56 Å². The molecule has 0 saturated heterocycles. The number of alkyl halides is 3. The average molecular weight is 284 g/mol. The van der Waals surface area contributed by atoms with Gasteiger partial charge in [0.1, 0.15) is 5.82 Å². The predicted octanol–water partition coefficient (Wildman–Crippen LogP) is 4.41. The molecule has 1 heterocycles. The summed E-state index contributed by atoms with van der Waals surface area (Å²) < 4.78 is 50.8. The molecule has 106 valence electrons. The summed E-state index contributed by atoms with van der Waals surface area (Å²) in [6, 6.07) is 8.79. The Morgan fingerprint density at radius 2 is 1.80 bits per heavy atom. The Morgan fingerprint density at radius 3 is 2.45 bits per heavy atom. The lowest BCUT2D eigenvalue weighted by atomic mass is 10.0. The maximum atomic E-state index is 12.9. The predicted molar refractivity (Wildman–Crippen MR) is 67.7 cm³/mol. The van der Waals surface area contributed by atoms with Gasteiger partial charge in [0.15, 0.2) is 0 Å². The van der Waals surface area contributed by atoms with Crippen LogP contribution in [0.4, 0.5) is 23.4 Å². The third-order valence-electron chi connectivity index (χ3n) is 2.79. The Hall–Kier alpha value is -2.11. The molecule has 1 aromatic heterocycles. The van der Waals surface area contributed by atoms with Crippen molar-refractivity contribution in [3.05, 3.63) is 59.5 Å². The highest BCUT2D eigenvalue weighted by Crippen LogP contribution is 2.31. The number of pyridine rings is 1. The van der Waals surface area contributed by atoms with Gasteiger partial charge in [-0.1, -0.05) is 18.2 Å². The second kappa shape index (κ2) is 5.48. The number of nitrogens with zero attached hydrogens (tertiary/aromatic N) is 1. The van der Waals surface area contributed by atoms with E-state index in [9.17, 15) is 17.6 Å². The summed E-state index contributed by atoms with van der Waals surface area (Å²) >= 11 is 0. The molecule has 0 aliphatic heterocycles. The first-order valence-electron chi connectivity index (χ1n) is 5.92. The fourth-order valence-electron chi connectivity index (χ4n) is 1.78. The minimum atomic E-state index is -4.38. The van der Waals surface area contributed by atoms with Crippen LogP contribution in [0.15, 0.2) is 42.5 Å². The standard InChI is InChI=1S/C14H12F4N2/c1-9(19-13-7-3-6-12(15)20-13)10-4-2-5-11(8-10)14(16,17)18/h2-9H,1H3,(H,19,20). The molecule has 0 fully saturated rings. The molecule has 0 amide bonds. The molecular weight excluding hydrogens is 272 g/mol.